The Morgan fingerprint density at radius 3 is 2.38 bits per heavy atom. The van der Waals surface area contributed by atoms with Crippen LogP contribution < -0.4 is 10.6 Å². The molecule has 0 saturated carbocycles. The molecule has 21 heavy (non-hydrogen) atoms. The zero-order valence-electron chi connectivity index (χ0n) is 13.5. The van der Waals surface area contributed by atoms with E-state index in [2.05, 4.69) is 23.9 Å². The summed E-state index contributed by atoms with van der Waals surface area (Å²) < 4.78 is 0. The summed E-state index contributed by atoms with van der Waals surface area (Å²) in [4.78, 5) is 18.1. The van der Waals surface area contributed by atoms with Crippen molar-refractivity contribution in [3.05, 3.63) is 23.8 Å². The van der Waals surface area contributed by atoms with E-state index in [1.807, 2.05) is 12.1 Å². The van der Waals surface area contributed by atoms with Gasteiger partial charge >= 0.3 is 0 Å². The van der Waals surface area contributed by atoms with E-state index in [0.29, 0.717) is 17.3 Å². The van der Waals surface area contributed by atoms with Crippen LogP contribution in [0.25, 0.3) is 0 Å². The van der Waals surface area contributed by atoms with Gasteiger partial charge in [-0.15, -0.1) is 0 Å². The average Bonchev–Trinajstić information content (AvgIpc) is 2.46. The van der Waals surface area contributed by atoms with Crippen LogP contribution in [0, 0.1) is 0 Å². The molecule has 5 heteroatoms. The molecule has 0 bridgehead atoms. The van der Waals surface area contributed by atoms with Gasteiger partial charge < -0.3 is 20.4 Å². The summed E-state index contributed by atoms with van der Waals surface area (Å²) in [5.41, 5.74) is 8.49. The Hall–Kier alpha value is -1.75. The molecule has 1 heterocycles. The third-order valence-electron chi connectivity index (χ3n) is 4.30. The van der Waals surface area contributed by atoms with E-state index in [9.17, 15) is 4.79 Å². The lowest BCUT2D eigenvalue weighted by Crippen LogP contribution is -2.42. The number of anilines is 2. The molecule has 2 rings (SSSR count). The third kappa shape index (κ3) is 3.47. The topological polar surface area (TPSA) is 52.8 Å². The molecule has 1 aromatic carbocycles. The van der Waals surface area contributed by atoms with Crippen LogP contribution in [-0.2, 0) is 0 Å². The van der Waals surface area contributed by atoms with Crippen molar-refractivity contribution < 1.29 is 4.79 Å². The number of rotatable bonds is 3. The van der Waals surface area contributed by atoms with Gasteiger partial charge in [0.2, 0.25) is 0 Å². The fraction of sp³-hybridized carbons (Fsp3) is 0.562. The van der Waals surface area contributed by atoms with Gasteiger partial charge in [0, 0.05) is 32.7 Å². The number of hydrogen-bond acceptors (Lipinski definition) is 4. The molecule has 0 unspecified atom stereocenters. The second-order valence-electron chi connectivity index (χ2n) is 6.12. The fourth-order valence-electron chi connectivity index (χ4n) is 2.85. The predicted molar refractivity (Wildman–Crippen MR) is 87.8 cm³/mol. The molecule has 0 spiro atoms. The number of hydrogen-bond donors (Lipinski definition) is 1. The first kappa shape index (κ1) is 15.6. The SMILES string of the molecule is CN1CCC(N(C)c2ccc(C(=O)N(C)C)cc2N)CC1. The first-order valence-electron chi connectivity index (χ1n) is 7.42. The lowest BCUT2D eigenvalue weighted by atomic mass is 10.0. The van der Waals surface area contributed by atoms with Crippen LogP contribution in [0.15, 0.2) is 18.2 Å². The number of carbonyl (C=O) groups is 1. The predicted octanol–water partition coefficient (Wildman–Crippen LogP) is 1.50. The van der Waals surface area contributed by atoms with Crippen LogP contribution in [0.3, 0.4) is 0 Å². The molecule has 0 radical (unpaired) electrons. The Morgan fingerprint density at radius 2 is 1.86 bits per heavy atom. The number of nitrogens with two attached hydrogens (primary N) is 1. The lowest BCUT2D eigenvalue weighted by molar-refractivity contribution is 0.0827. The highest BCUT2D eigenvalue weighted by molar-refractivity contribution is 5.95. The Balaban J connectivity index is 2.15. The van der Waals surface area contributed by atoms with Crippen LogP contribution in [-0.4, -0.2) is 63.0 Å². The van der Waals surface area contributed by atoms with Gasteiger partial charge in [-0.3, -0.25) is 4.79 Å². The Labute approximate surface area is 127 Å². The van der Waals surface area contributed by atoms with Crippen LogP contribution in [0.5, 0.6) is 0 Å². The summed E-state index contributed by atoms with van der Waals surface area (Å²) in [6, 6.07) is 6.12. The standard InChI is InChI=1S/C16H26N4O/c1-18(2)16(21)12-5-6-15(14(17)11-12)20(4)13-7-9-19(3)10-8-13/h5-6,11,13H,7-10,17H2,1-4H3. The molecular formula is C16H26N4O. The minimum atomic E-state index is -0.0183. The van der Waals surface area contributed by atoms with Crippen LogP contribution in [0.1, 0.15) is 23.2 Å². The van der Waals surface area contributed by atoms with Crippen molar-refractivity contribution in [2.75, 3.05) is 51.9 Å². The van der Waals surface area contributed by atoms with E-state index in [4.69, 9.17) is 5.73 Å². The molecule has 2 N–H and O–H groups in total. The van der Waals surface area contributed by atoms with Gasteiger partial charge in [-0.1, -0.05) is 0 Å². The zero-order chi connectivity index (χ0) is 15.6. The third-order valence-corrected chi connectivity index (χ3v) is 4.30. The second-order valence-corrected chi connectivity index (χ2v) is 6.12. The second kappa shape index (κ2) is 6.35. The minimum absolute atomic E-state index is 0.0183. The van der Waals surface area contributed by atoms with Crippen molar-refractivity contribution in [2.24, 2.45) is 0 Å². The summed E-state index contributed by atoms with van der Waals surface area (Å²) in [5.74, 6) is -0.0183. The highest BCUT2D eigenvalue weighted by Crippen LogP contribution is 2.28. The van der Waals surface area contributed by atoms with Gasteiger partial charge in [-0.25, -0.2) is 0 Å². The van der Waals surface area contributed by atoms with Crippen molar-refractivity contribution in [2.45, 2.75) is 18.9 Å². The number of likely N-dealkylation sites (tertiary alicyclic amines) is 1. The van der Waals surface area contributed by atoms with Crippen LogP contribution in [0.2, 0.25) is 0 Å². The monoisotopic (exact) mass is 290 g/mol. The maximum atomic E-state index is 12.0. The molecule has 1 aliphatic heterocycles. The Kier molecular flexibility index (Phi) is 4.73. The molecule has 116 valence electrons. The Morgan fingerprint density at radius 1 is 1.24 bits per heavy atom. The molecule has 1 amide bonds. The first-order valence-corrected chi connectivity index (χ1v) is 7.42. The molecule has 1 saturated heterocycles. The highest BCUT2D eigenvalue weighted by Gasteiger charge is 2.22. The smallest absolute Gasteiger partial charge is 0.253 e. The van der Waals surface area contributed by atoms with E-state index in [0.717, 1.165) is 31.6 Å². The summed E-state index contributed by atoms with van der Waals surface area (Å²) in [7, 11) is 7.75. The molecule has 0 aliphatic carbocycles. The largest absolute Gasteiger partial charge is 0.397 e. The summed E-state index contributed by atoms with van der Waals surface area (Å²) >= 11 is 0. The average molecular weight is 290 g/mol. The highest BCUT2D eigenvalue weighted by atomic mass is 16.2. The minimum Gasteiger partial charge on any atom is -0.397 e. The summed E-state index contributed by atoms with van der Waals surface area (Å²) in [6.07, 6.45) is 2.29. The van der Waals surface area contributed by atoms with Gasteiger partial charge in [-0.05, 0) is 51.2 Å². The van der Waals surface area contributed by atoms with E-state index < -0.39 is 0 Å². The summed E-state index contributed by atoms with van der Waals surface area (Å²) in [5, 5.41) is 0. The zero-order valence-corrected chi connectivity index (χ0v) is 13.5. The number of nitrogen functional groups attached to an aromatic ring is 1. The molecule has 0 aromatic heterocycles. The van der Waals surface area contributed by atoms with Gasteiger partial charge in [0.25, 0.3) is 5.91 Å². The Bertz CT molecular complexity index is 507. The van der Waals surface area contributed by atoms with Gasteiger partial charge in [0.05, 0.1) is 11.4 Å². The van der Waals surface area contributed by atoms with Crippen molar-refractivity contribution in [1.29, 1.82) is 0 Å². The first-order chi connectivity index (χ1) is 9.90. The van der Waals surface area contributed by atoms with E-state index in [1.54, 1.807) is 25.1 Å². The van der Waals surface area contributed by atoms with E-state index in [1.165, 1.54) is 0 Å². The molecule has 1 aromatic rings. The molecule has 5 nitrogen and oxygen atoms in total. The van der Waals surface area contributed by atoms with E-state index in [-0.39, 0.29) is 5.91 Å². The van der Waals surface area contributed by atoms with Crippen molar-refractivity contribution in [3.63, 3.8) is 0 Å². The number of piperidine rings is 1. The van der Waals surface area contributed by atoms with Gasteiger partial charge in [-0.2, -0.15) is 0 Å². The van der Waals surface area contributed by atoms with Gasteiger partial charge in [0.15, 0.2) is 0 Å². The van der Waals surface area contributed by atoms with Gasteiger partial charge in [0.1, 0.15) is 0 Å². The number of benzene rings is 1. The van der Waals surface area contributed by atoms with Crippen LogP contribution in [0.4, 0.5) is 11.4 Å². The maximum absolute atomic E-state index is 12.0. The van der Waals surface area contributed by atoms with E-state index >= 15 is 0 Å². The molecule has 0 atom stereocenters. The number of carbonyl (C=O) groups excluding carboxylic acids is 1. The lowest BCUT2D eigenvalue weighted by Gasteiger charge is -2.37. The van der Waals surface area contributed by atoms with Crippen molar-refractivity contribution in [1.82, 2.24) is 9.80 Å². The molecular weight excluding hydrogens is 264 g/mol. The van der Waals surface area contributed by atoms with Crippen molar-refractivity contribution in [3.8, 4) is 0 Å². The number of nitrogens with zero attached hydrogens (tertiary/aromatic N) is 3. The van der Waals surface area contributed by atoms with Crippen LogP contribution >= 0.6 is 0 Å². The quantitative estimate of drug-likeness (QED) is 0.857. The molecule has 1 aliphatic rings. The fourth-order valence-corrected chi connectivity index (χ4v) is 2.85. The normalized spacial score (nSPS) is 16.8. The molecule has 1 fully saturated rings. The number of amides is 1. The van der Waals surface area contributed by atoms with Crippen molar-refractivity contribution >= 4 is 17.3 Å². The maximum Gasteiger partial charge on any atom is 0.253 e. The summed E-state index contributed by atoms with van der Waals surface area (Å²) in [6.45, 7) is 2.23.